The summed E-state index contributed by atoms with van der Waals surface area (Å²) in [5.74, 6) is -0.326. The number of carbonyl (C=O) groups excluding carboxylic acids is 1. The molecule has 2 saturated heterocycles. The molecule has 0 unspecified atom stereocenters. The number of ketones is 1. The fourth-order valence-electron chi connectivity index (χ4n) is 4.82. The fourth-order valence-corrected chi connectivity index (χ4v) is 6.63. The number of nitrogens with zero attached hydrogens (tertiary/aromatic N) is 5. The second kappa shape index (κ2) is 13.2. The number of hydrogen-bond donors (Lipinski definition) is 9. The van der Waals surface area contributed by atoms with Crippen LogP contribution in [-0.4, -0.2) is 152 Å². The molecule has 43 heavy (non-hydrogen) atoms. The molecular formula is C24H32N6O11S2. The third-order valence-electron chi connectivity index (χ3n) is 7.29. The number of ether oxygens (including phenoxy) is 2. The van der Waals surface area contributed by atoms with Gasteiger partial charge in [-0.3, -0.25) is 4.79 Å². The first kappa shape index (κ1) is 31.9. The summed E-state index contributed by atoms with van der Waals surface area (Å²) >= 11 is 2.15. The fraction of sp³-hybridized carbons (Fsp3) is 0.625. The van der Waals surface area contributed by atoms with Crippen LogP contribution in [0.4, 0.5) is 5.13 Å². The molecule has 0 aromatic carbocycles. The Morgan fingerprint density at radius 3 is 2.16 bits per heavy atom. The minimum absolute atomic E-state index is 0.00882. The Hall–Kier alpha value is -2.53. The molecule has 5 heterocycles. The largest absolute Gasteiger partial charge is 0.394 e. The lowest BCUT2D eigenvalue weighted by Crippen LogP contribution is -2.60. The molecular weight excluding hydrogens is 612 g/mol. The van der Waals surface area contributed by atoms with Crippen molar-refractivity contribution in [2.24, 2.45) is 0 Å². The van der Waals surface area contributed by atoms with E-state index in [4.69, 9.17) is 9.47 Å². The van der Waals surface area contributed by atoms with Crippen molar-refractivity contribution in [2.45, 2.75) is 74.5 Å². The molecule has 0 saturated carbocycles. The molecule has 2 aliphatic heterocycles. The van der Waals surface area contributed by atoms with Crippen LogP contribution in [0.5, 0.6) is 0 Å². The van der Waals surface area contributed by atoms with E-state index in [1.807, 2.05) is 0 Å². The third kappa shape index (κ3) is 6.48. The van der Waals surface area contributed by atoms with E-state index in [9.17, 15) is 45.6 Å². The number of carbonyl (C=O) groups is 1. The quantitative estimate of drug-likeness (QED) is 0.0969. The molecule has 5 rings (SSSR count). The van der Waals surface area contributed by atoms with E-state index in [1.165, 1.54) is 17.1 Å². The molecule has 2 aliphatic rings. The van der Waals surface area contributed by atoms with Gasteiger partial charge in [-0.05, 0) is 6.92 Å². The van der Waals surface area contributed by atoms with Crippen molar-refractivity contribution >= 4 is 33.6 Å². The highest BCUT2D eigenvalue weighted by molar-refractivity contribution is 7.20. The maximum absolute atomic E-state index is 13.3. The van der Waals surface area contributed by atoms with Crippen LogP contribution in [0.2, 0.25) is 0 Å². The lowest BCUT2D eigenvalue weighted by molar-refractivity contribution is -0.232. The van der Waals surface area contributed by atoms with Crippen LogP contribution in [-0.2, 0) is 16.0 Å². The van der Waals surface area contributed by atoms with Gasteiger partial charge >= 0.3 is 0 Å². The van der Waals surface area contributed by atoms with E-state index in [0.717, 1.165) is 22.7 Å². The minimum atomic E-state index is -1.51. The maximum atomic E-state index is 13.3. The van der Waals surface area contributed by atoms with Crippen molar-refractivity contribution in [3.8, 4) is 10.7 Å². The topological polar surface area (TPSA) is 266 Å². The summed E-state index contributed by atoms with van der Waals surface area (Å²) in [4.78, 5) is 22.6. The zero-order chi connectivity index (χ0) is 31.0. The van der Waals surface area contributed by atoms with Gasteiger partial charge in [-0.2, -0.15) is 0 Å². The molecule has 3 aromatic rings. The number of thiazole rings is 2. The average molecular weight is 645 g/mol. The smallest absolute Gasteiger partial charge is 0.216 e. The summed E-state index contributed by atoms with van der Waals surface area (Å²) in [6.45, 7) is 0.539. The average Bonchev–Trinajstić information content (AvgIpc) is 3.76. The summed E-state index contributed by atoms with van der Waals surface area (Å²) in [7, 11) is 0. The van der Waals surface area contributed by atoms with E-state index >= 15 is 0 Å². The van der Waals surface area contributed by atoms with Crippen LogP contribution in [0.25, 0.3) is 10.7 Å². The maximum Gasteiger partial charge on any atom is 0.216 e. The summed E-state index contributed by atoms with van der Waals surface area (Å²) in [6.07, 6.45) is -9.84. The summed E-state index contributed by atoms with van der Waals surface area (Å²) in [5.41, 5.74) is 0.806. The number of anilines is 1. The van der Waals surface area contributed by atoms with Gasteiger partial charge in [-0.15, -0.1) is 16.4 Å². The van der Waals surface area contributed by atoms with Crippen molar-refractivity contribution in [2.75, 3.05) is 25.1 Å². The molecule has 19 heteroatoms. The Morgan fingerprint density at radius 1 is 0.907 bits per heavy atom. The second-order valence-corrected chi connectivity index (χ2v) is 12.3. The van der Waals surface area contributed by atoms with Gasteiger partial charge in [-0.1, -0.05) is 16.6 Å². The number of aromatic nitrogens is 5. The van der Waals surface area contributed by atoms with Crippen LogP contribution in [0.1, 0.15) is 20.2 Å². The first-order valence-corrected chi connectivity index (χ1v) is 14.9. The summed E-state index contributed by atoms with van der Waals surface area (Å²) in [5, 5.41) is 90.9. The first-order valence-electron chi connectivity index (χ1n) is 13.3. The molecule has 3 aromatic heterocycles. The van der Waals surface area contributed by atoms with Crippen molar-refractivity contribution in [3.63, 3.8) is 0 Å². The van der Waals surface area contributed by atoms with Gasteiger partial charge in [0.1, 0.15) is 71.7 Å². The van der Waals surface area contributed by atoms with Crippen LogP contribution < -0.4 is 5.32 Å². The van der Waals surface area contributed by atoms with Crippen molar-refractivity contribution < 1.29 is 55.1 Å². The van der Waals surface area contributed by atoms with Gasteiger partial charge in [0.05, 0.1) is 47.6 Å². The zero-order valence-corrected chi connectivity index (χ0v) is 24.2. The standard InChI is InChI=1S/C24H32N6O11S2/c1-8-22(19(37)14-3-26-24(42-14)25-2-10-15(33)20(38)17(35)12(6-31)40-10)43-23(27-8)9-4-30(29-28-9)5-11-16(34)21(39)18(36)13(7-32)41-11/h3-4,10-13,15-18,20-21,31-36,38-39H,2,5-7H2,1H3,(H,25,26)/t10-,11-,12-,13-,15-,16-,17-,18-,20-,21-/m1/s1. The zero-order valence-electron chi connectivity index (χ0n) is 22.6. The number of aryl methyl sites for hydroxylation is 1. The van der Waals surface area contributed by atoms with Gasteiger partial charge in [0.2, 0.25) is 5.78 Å². The SMILES string of the molecule is Cc1nc(-c2cn(C[C@H]3O[C@H](CO)[C@@H](O)[C@H](O)[C@@H]3O)nn2)sc1C(=O)c1cnc(NC[C@H]2O[C@H](CO)[C@@H](O)[C@H](O)[C@@H]2O)s1. The van der Waals surface area contributed by atoms with Crippen molar-refractivity contribution in [1.82, 2.24) is 25.0 Å². The molecule has 0 radical (unpaired) electrons. The van der Waals surface area contributed by atoms with Gasteiger partial charge in [0.25, 0.3) is 0 Å². The van der Waals surface area contributed by atoms with E-state index in [0.29, 0.717) is 31.3 Å². The first-order chi connectivity index (χ1) is 20.5. The highest BCUT2D eigenvalue weighted by atomic mass is 32.1. The van der Waals surface area contributed by atoms with Crippen LogP contribution in [0.15, 0.2) is 12.4 Å². The minimum Gasteiger partial charge on any atom is -0.394 e. The van der Waals surface area contributed by atoms with E-state index < -0.39 is 74.3 Å². The monoisotopic (exact) mass is 644 g/mol. The van der Waals surface area contributed by atoms with Gasteiger partial charge in [0, 0.05) is 6.54 Å². The lowest BCUT2D eigenvalue weighted by Gasteiger charge is -2.40. The van der Waals surface area contributed by atoms with E-state index in [1.54, 1.807) is 6.92 Å². The van der Waals surface area contributed by atoms with Crippen molar-refractivity contribution in [3.05, 3.63) is 27.8 Å². The number of aliphatic hydroxyl groups is 8. The Morgan fingerprint density at radius 2 is 1.51 bits per heavy atom. The Labute approximate surface area is 251 Å². The van der Waals surface area contributed by atoms with Crippen molar-refractivity contribution in [1.29, 1.82) is 0 Å². The number of hydrogen-bond acceptors (Lipinski definition) is 18. The summed E-state index contributed by atoms with van der Waals surface area (Å²) < 4.78 is 12.3. The molecule has 2 fully saturated rings. The molecule has 0 bridgehead atoms. The number of aliphatic hydroxyl groups excluding tert-OH is 8. The highest BCUT2D eigenvalue weighted by Gasteiger charge is 2.44. The molecule has 17 nitrogen and oxygen atoms in total. The van der Waals surface area contributed by atoms with E-state index in [-0.39, 0.29) is 18.9 Å². The second-order valence-electron chi connectivity index (χ2n) is 10.2. The Bertz CT molecular complexity index is 1400. The molecule has 0 aliphatic carbocycles. The van der Waals surface area contributed by atoms with Crippen LogP contribution in [0, 0.1) is 6.92 Å². The molecule has 10 atom stereocenters. The highest BCUT2D eigenvalue weighted by Crippen LogP contribution is 2.31. The molecule has 0 amide bonds. The molecule has 9 N–H and O–H groups in total. The predicted octanol–water partition coefficient (Wildman–Crippen LogP) is -3.51. The van der Waals surface area contributed by atoms with Gasteiger partial charge < -0.3 is 55.6 Å². The van der Waals surface area contributed by atoms with Gasteiger partial charge in [0.15, 0.2) is 5.13 Å². The normalized spacial score (nSPS) is 33.0. The van der Waals surface area contributed by atoms with Gasteiger partial charge in [-0.25, -0.2) is 14.6 Å². The summed E-state index contributed by atoms with van der Waals surface area (Å²) in [6, 6.07) is 0. The third-order valence-corrected chi connectivity index (χ3v) is 9.43. The predicted molar refractivity (Wildman–Crippen MR) is 147 cm³/mol. The van der Waals surface area contributed by atoms with Crippen LogP contribution in [0.3, 0.4) is 0 Å². The van der Waals surface area contributed by atoms with E-state index in [2.05, 4.69) is 25.6 Å². The molecule has 0 spiro atoms. The van der Waals surface area contributed by atoms with Crippen LogP contribution >= 0.6 is 22.7 Å². The Balaban J connectivity index is 1.22. The lowest BCUT2D eigenvalue weighted by atomic mass is 9.95. The molecule has 236 valence electrons. The Kier molecular flexibility index (Phi) is 9.80. The number of nitrogens with one attached hydrogen (secondary N) is 1. The number of rotatable bonds is 10.